The molecule has 0 bridgehead atoms. The van der Waals surface area contributed by atoms with Crippen LogP contribution in [0.1, 0.15) is 18.6 Å². The van der Waals surface area contributed by atoms with Crippen molar-refractivity contribution in [1.82, 2.24) is 5.43 Å². The first kappa shape index (κ1) is 14.2. The van der Waals surface area contributed by atoms with Crippen molar-refractivity contribution in [2.24, 2.45) is 11.0 Å². The van der Waals surface area contributed by atoms with E-state index >= 15 is 0 Å². The minimum Gasteiger partial charge on any atom is -0.455 e. The fourth-order valence-electron chi connectivity index (χ4n) is 1.85. The lowest BCUT2D eigenvalue weighted by atomic mass is 10.2. The molecule has 1 heterocycles. The predicted octanol–water partition coefficient (Wildman–Crippen LogP) is 4.11. The van der Waals surface area contributed by atoms with Crippen LogP contribution in [0.3, 0.4) is 0 Å². The van der Waals surface area contributed by atoms with E-state index in [0.717, 1.165) is 12.8 Å². The van der Waals surface area contributed by atoms with Crippen LogP contribution >= 0.6 is 23.2 Å². The normalized spacial score (nSPS) is 14.6. The molecule has 0 radical (unpaired) electrons. The largest absolute Gasteiger partial charge is 0.455 e. The number of carbonyl (C=O) groups excluding carboxylic acids is 1. The monoisotopic (exact) mass is 322 g/mol. The fraction of sp³-hybridized carbons (Fsp3) is 0.200. The van der Waals surface area contributed by atoms with Gasteiger partial charge in [0.2, 0.25) is 5.91 Å². The van der Waals surface area contributed by atoms with Gasteiger partial charge in [-0.05, 0) is 43.2 Å². The van der Waals surface area contributed by atoms with Crippen molar-refractivity contribution in [3.8, 4) is 11.3 Å². The molecule has 21 heavy (non-hydrogen) atoms. The van der Waals surface area contributed by atoms with E-state index < -0.39 is 0 Å². The number of rotatable bonds is 4. The Labute approximate surface area is 131 Å². The van der Waals surface area contributed by atoms with Crippen LogP contribution in [0, 0.1) is 5.92 Å². The van der Waals surface area contributed by atoms with E-state index in [1.54, 1.807) is 30.3 Å². The first-order valence-electron chi connectivity index (χ1n) is 6.51. The molecule has 1 amide bonds. The van der Waals surface area contributed by atoms with Crippen molar-refractivity contribution in [1.29, 1.82) is 0 Å². The summed E-state index contributed by atoms with van der Waals surface area (Å²) in [5.41, 5.74) is 3.20. The molecule has 0 unspecified atom stereocenters. The minimum absolute atomic E-state index is 0.0454. The van der Waals surface area contributed by atoms with Crippen molar-refractivity contribution < 1.29 is 9.21 Å². The maximum atomic E-state index is 11.4. The Hall–Kier alpha value is -1.78. The molecule has 4 nitrogen and oxygen atoms in total. The van der Waals surface area contributed by atoms with Gasteiger partial charge in [-0.3, -0.25) is 4.79 Å². The van der Waals surface area contributed by atoms with Crippen molar-refractivity contribution in [2.75, 3.05) is 0 Å². The molecule has 3 rings (SSSR count). The van der Waals surface area contributed by atoms with Crippen LogP contribution in [-0.4, -0.2) is 12.1 Å². The molecule has 1 N–H and O–H groups in total. The van der Waals surface area contributed by atoms with Gasteiger partial charge in [0.05, 0.1) is 11.2 Å². The maximum absolute atomic E-state index is 11.4. The number of hydrogen-bond donors (Lipinski definition) is 1. The summed E-state index contributed by atoms with van der Waals surface area (Å²) in [6.45, 7) is 0. The summed E-state index contributed by atoms with van der Waals surface area (Å²) in [4.78, 5) is 11.4. The number of carbonyl (C=O) groups is 1. The fourth-order valence-corrected chi connectivity index (χ4v) is 2.23. The molecule has 1 saturated carbocycles. The Bertz CT molecular complexity index is 705. The molecule has 0 atom stereocenters. The first-order valence-corrected chi connectivity index (χ1v) is 7.27. The molecular formula is C15H12Cl2N2O2. The van der Waals surface area contributed by atoms with Crippen LogP contribution in [0.5, 0.6) is 0 Å². The third-order valence-corrected chi connectivity index (χ3v) is 3.70. The second-order valence-corrected chi connectivity index (χ2v) is 5.68. The lowest BCUT2D eigenvalue weighted by molar-refractivity contribution is -0.122. The van der Waals surface area contributed by atoms with Crippen LogP contribution in [0.4, 0.5) is 0 Å². The minimum atomic E-state index is -0.0454. The van der Waals surface area contributed by atoms with Gasteiger partial charge in [0.1, 0.15) is 11.5 Å². The summed E-state index contributed by atoms with van der Waals surface area (Å²) in [5.74, 6) is 1.20. The SMILES string of the molecule is O=C(NN=Cc1ccc(-c2cc(Cl)ccc2Cl)o1)C1CC1. The zero-order valence-corrected chi connectivity index (χ0v) is 12.5. The van der Waals surface area contributed by atoms with E-state index in [2.05, 4.69) is 10.5 Å². The molecule has 0 saturated heterocycles. The number of nitrogens with one attached hydrogen (secondary N) is 1. The summed E-state index contributed by atoms with van der Waals surface area (Å²) < 4.78 is 5.62. The van der Waals surface area contributed by atoms with Crippen LogP contribution < -0.4 is 5.43 Å². The molecule has 1 aromatic heterocycles. The Kier molecular flexibility index (Phi) is 3.99. The molecule has 2 aromatic rings. The van der Waals surface area contributed by atoms with Gasteiger partial charge < -0.3 is 4.42 Å². The Morgan fingerprint density at radius 3 is 2.86 bits per heavy atom. The molecule has 0 aliphatic heterocycles. The second-order valence-electron chi connectivity index (χ2n) is 4.83. The Morgan fingerprint density at radius 1 is 1.29 bits per heavy atom. The van der Waals surface area contributed by atoms with Gasteiger partial charge in [0.15, 0.2) is 0 Å². The third-order valence-electron chi connectivity index (χ3n) is 3.14. The molecule has 108 valence electrons. The van der Waals surface area contributed by atoms with Gasteiger partial charge in [-0.25, -0.2) is 5.43 Å². The third kappa shape index (κ3) is 3.46. The van der Waals surface area contributed by atoms with Crippen molar-refractivity contribution >= 4 is 35.3 Å². The van der Waals surface area contributed by atoms with E-state index in [-0.39, 0.29) is 11.8 Å². The number of nitrogens with zero attached hydrogens (tertiary/aromatic N) is 1. The highest BCUT2D eigenvalue weighted by Gasteiger charge is 2.29. The summed E-state index contributed by atoms with van der Waals surface area (Å²) in [5, 5.41) is 5.01. The Balaban J connectivity index is 1.72. The number of halogens is 2. The molecular weight excluding hydrogens is 311 g/mol. The van der Waals surface area contributed by atoms with Crippen molar-refractivity contribution in [2.45, 2.75) is 12.8 Å². The van der Waals surface area contributed by atoms with E-state index in [4.69, 9.17) is 27.6 Å². The zero-order chi connectivity index (χ0) is 14.8. The summed E-state index contributed by atoms with van der Waals surface area (Å²) >= 11 is 12.1. The second kappa shape index (κ2) is 5.92. The molecule has 1 aromatic carbocycles. The number of amides is 1. The van der Waals surface area contributed by atoms with Crippen molar-refractivity contribution in [3.05, 3.63) is 46.1 Å². The average molecular weight is 323 g/mol. The smallest absolute Gasteiger partial charge is 0.243 e. The standard InChI is InChI=1S/C15H12Cl2N2O2/c16-10-3-5-13(17)12(7-10)14-6-4-11(21-14)8-18-19-15(20)9-1-2-9/h3-9H,1-2H2,(H,19,20). The zero-order valence-electron chi connectivity index (χ0n) is 11.0. The first-order chi connectivity index (χ1) is 10.1. The van der Waals surface area contributed by atoms with E-state index in [1.807, 2.05) is 0 Å². The average Bonchev–Trinajstić information content (AvgIpc) is 3.22. The van der Waals surface area contributed by atoms with Crippen LogP contribution in [0.2, 0.25) is 10.0 Å². The quantitative estimate of drug-likeness (QED) is 0.680. The van der Waals surface area contributed by atoms with Gasteiger partial charge in [-0.15, -0.1) is 0 Å². The molecule has 6 heteroatoms. The molecule has 0 spiro atoms. The van der Waals surface area contributed by atoms with Gasteiger partial charge in [-0.1, -0.05) is 23.2 Å². The van der Waals surface area contributed by atoms with Gasteiger partial charge in [0, 0.05) is 16.5 Å². The topological polar surface area (TPSA) is 54.6 Å². The number of benzene rings is 1. The lowest BCUT2D eigenvalue weighted by Crippen LogP contribution is -2.18. The van der Waals surface area contributed by atoms with Crippen LogP contribution in [0.15, 0.2) is 39.9 Å². The van der Waals surface area contributed by atoms with Crippen molar-refractivity contribution in [3.63, 3.8) is 0 Å². The number of hydrogen-bond acceptors (Lipinski definition) is 3. The number of furan rings is 1. The van der Waals surface area contributed by atoms with Gasteiger partial charge in [0.25, 0.3) is 0 Å². The molecule has 1 aliphatic carbocycles. The maximum Gasteiger partial charge on any atom is 0.243 e. The Morgan fingerprint density at radius 2 is 2.10 bits per heavy atom. The molecule has 1 aliphatic rings. The predicted molar refractivity (Wildman–Crippen MR) is 82.6 cm³/mol. The van der Waals surface area contributed by atoms with E-state index in [0.29, 0.717) is 27.1 Å². The lowest BCUT2D eigenvalue weighted by Gasteiger charge is -2.01. The van der Waals surface area contributed by atoms with E-state index in [1.165, 1.54) is 6.21 Å². The number of hydrazone groups is 1. The molecule has 1 fully saturated rings. The highest BCUT2D eigenvalue weighted by atomic mass is 35.5. The van der Waals surface area contributed by atoms with Gasteiger partial charge in [-0.2, -0.15) is 5.10 Å². The van der Waals surface area contributed by atoms with E-state index in [9.17, 15) is 4.79 Å². The summed E-state index contributed by atoms with van der Waals surface area (Å²) in [6.07, 6.45) is 3.35. The highest BCUT2D eigenvalue weighted by molar-refractivity contribution is 6.35. The van der Waals surface area contributed by atoms with Crippen LogP contribution in [-0.2, 0) is 4.79 Å². The highest BCUT2D eigenvalue weighted by Crippen LogP contribution is 2.31. The van der Waals surface area contributed by atoms with Crippen LogP contribution in [0.25, 0.3) is 11.3 Å². The summed E-state index contributed by atoms with van der Waals surface area (Å²) in [7, 11) is 0. The van der Waals surface area contributed by atoms with Gasteiger partial charge >= 0.3 is 0 Å². The summed E-state index contributed by atoms with van der Waals surface area (Å²) in [6, 6.07) is 8.69.